The van der Waals surface area contributed by atoms with Crippen molar-refractivity contribution in [3.63, 3.8) is 0 Å². The van der Waals surface area contributed by atoms with Gasteiger partial charge < -0.3 is 20.4 Å². The second-order valence-electron chi connectivity index (χ2n) is 9.48. The van der Waals surface area contributed by atoms with Gasteiger partial charge in [0.15, 0.2) is 11.5 Å². The Morgan fingerprint density at radius 2 is 1.69 bits per heavy atom. The van der Waals surface area contributed by atoms with Gasteiger partial charge in [0.05, 0.1) is 23.5 Å². The van der Waals surface area contributed by atoms with Gasteiger partial charge >= 0.3 is 0 Å². The molecule has 0 spiro atoms. The summed E-state index contributed by atoms with van der Waals surface area (Å²) in [6.07, 6.45) is 10.6. The summed E-state index contributed by atoms with van der Waals surface area (Å²) in [5, 5.41) is 15.1. The molecule has 1 aromatic carbocycles. The van der Waals surface area contributed by atoms with Crippen LogP contribution in [-0.2, 0) is 6.54 Å². The summed E-state index contributed by atoms with van der Waals surface area (Å²) in [6.45, 7) is 10.6. The van der Waals surface area contributed by atoms with E-state index in [0.717, 1.165) is 64.2 Å². The van der Waals surface area contributed by atoms with E-state index in [-0.39, 0.29) is 0 Å². The number of unbranched alkanes of at least 4 members (excludes halogenated alkanes) is 2. The predicted molar refractivity (Wildman–Crippen MR) is 159 cm³/mol. The van der Waals surface area contributed by atoms with Crippen LogP contribution in [0.3, 0.4) is 0 Å². The molecule has 39 heavy (non-hydrogen) atoms. The highest BCUT2D eigenvalue weighted by molar-refractivity contribution is 5.93. The van der Waals surface area contributed by atoms with Gasteiger partial charge in [-0.1, -0.05) is 33.6 Å². The Morgan fingerprint density at radius 1 is 0.897 bits per heavy atom. The lowest BCUT2D eigenvalue weighted by Gasteiger charge is -2.06. The molecule has 4 N–H and O–H groups in total. The number of benzene rings is 1. The number of methoxy groups -OCH3 is 1. The third-order valence-electron chi connectivity index (χ3n) is 6.46. The highest BCUT2D eigenvalue weighted by atomic mass is 16.5. The molecule has 0 aliphatic rings. The normalized spacial score (nSPS) is 11.1. The van der Waals surface area contributed by atoms with Crippen LogP contribution in [0.15, 0.2) is 48.9 Å². The number of imidazole rings is 1. The minimum atomic E-state index is 0.645. The number of aromatic nitrogens is 6. The van der Waals surface area contributed by atoms with Crippen molar-refractivity contribution in [3.05, 3.63) is 54.5 Å². The number of ether oxygens (including phenoxy) is 1. The van der Waals surface area contributed by atoms with Crippen LogP contribution >= 0.6 is 0 Å². The minimum absolute atomic E-state index is 0.645. The molecule has 5 aromatic rings. The zero-order valence-electron chi connectivity index (χ0n) is 23.5. The molecule has 4 heterocycles. The smallest absolute Gasteiger partial charge is 0.181 e. The molecule has 0 aliphatic carbocycles. The summed E-state index contributed by atoms with van der Waals surface area (Å²) in [7, 11) is 1.65. The number of aromatic amines is 2. The lowest BCUT2D eigenvalue weighted by Crippen LogP contribution is -2.14. The number of hydrogen-bond acceptors (Lipinski definition) is 7. The lowest BCUT2D eigenvalue weighted by atomic mass is 10.1. The third-order valence-corrected chi connectivity index (χ3v) is 6.46. The fraction of sp³-hybridized carbons (Fsp3) is 0.400. The van der Waals surface area contributed by atoms with E-state index in [1.807, 2.05) is 36.8 Å². The predicted octanol–water partition coefficient (Wildman–Crippen LogP) is 5.86. The van der Waals surface area contributed by atoms with Gasteiger partial charge in [0, 0.05) is 42.3 Å². The van der Waals surface area contributed by atoms with Gasteiger partial charge in [0.2, 0.25) is 0 Å². The number of pyridine rings is 2. The standard InChI is InChI=1S/C24H25N7O.C6H15N/c1-3-4-7-25-11-15-8-16(13-26-12-15)17-9-19-22(30-31-23(19)27-14-17)24-28-20-6-5-18(32-2)10-21(20)29-24;1-3-5-6-7-4-2/h5-6,8-10,12-14,25H,3-4,7,11H2,1-2H3,(H,28,29)(H,27,30,31);7H,3-6H2,1-2H3. The van der Waals surface area contributed by atoms with Crippen LogP contribution in [-0.4, -0.2) is 56.9 Å². The number of hydrogen-bond donors (Lipinski definition) is 4. The maximum absolute atomic E-state index is 5.32. The number of nitrogens with zero attached hydrogens (tertiary/aromatic N) is 4. The summed E-state index contributed by atoms with van der Waals surface area (Å²) in [5.41, 5.74) is 6.37. The molecule has 0 fully saturated rings. The molecular weight excluding hydrogens is 488 g/mol. The summed E-state index contributed by atoms with van der Waals surface area (Å²) < 4.78 is 5.32. The minimum Gasteiger partial charge on any atom is -0.497 e. The van der Waals surface area contributed by atoms with Gasteiger partial charge in [0.25, 0.3) is 0 Å². The van der Waals surface area contributed by atoms with E-state index in [4.69, 9.17) is 9.72 Å². The molecule has 0 saturated heterocycles. The van der Waals surface area contributed by atoms with Gasteiger partial charge in [-0.05, 0) is 62.3 Å². The lowest BCUT2D eigenvalue weighted by molar-refractivity contribution is 0.415. The van der Waals surface area contributed by atoms with E-state index < -0.39 is 0 Å². The summed E-state index contributed by atoms with van der Waals surface area (Å²) in [5.74, 6) is 1.49. The van der Waals surface area contributed by atoms with Crippen molar-refractivity contribution < 1.29 is 4.74 Å². The Labute approximate surface area is 230 Å². The van der Waals surface area contributed by atoms with Gasteiger partial charge in [-0.2, -0.15) is 5.10 Å². The maximum Gasteiger partial charge on any atom is 0.181 e. The van der Waals surface area contributed by atoms with Crippen LogP contribution in [0.1, 0.15) is 52.0 Å². The third kappa shape index (κ3) is 7.40. The van der Waals surface area contributed by atoms with Crippen LogP contribution < -0.4 is 15.4 Å². The second kappa shape index (κ2) is 14.4. The maximum atomic E-state index is 5.32. The topological polar surface area (TPSA) is 116 Å². The SMILES string of the molecule is CCCCNCC.CCCCNCc1cncc(-c2cnc3n[nH]c(-c4nc5ccc(OC)cc5[nH]4)c3c2)c1. The van der Waals surface area contributed by atoms with Crippen molar-refractivity contribution in [2.75, 3.05) is 26.7 Å². The molecular formula is C30H40N8O. The van der Waals surface area contributed by atoms with E-state index >= 15 is 0 Å². The molecule has 9 nitrogen and oxygen atoms in total. The van der Waals surface area contributed by atoms with Crippen molar-refractivity contribution in [3.8, 4) is 28.4 Å². The summed E-state index contributed by atoms with van der Waals surface area (Å²) >= 11 is 0. The molecule has 0 bridgehead atoms. The van der Waals surface area contributed by atoms with E-state index in [0.29, 0.717) is 11.5 Å². The van der Waals surface area contributed by atoms with Crippen molar-refractivity contribution in [2.45, 2.75) is 53.0 Å². The number of fused-ring (bicyclic) bond motifs is 2. The van der Waals surface area contributed by atoms with Gasteiger partial charge in [-0.25, -0.2) is 9.97 Å². The van der Waals surface area contributed by atoms with E-state index in [1.165, 1.54) is 32.2 Å². The Balaban J connectivity index is 0.000000448. The highest BCUT2D eigenvalue weighted by Gasteiger charge is 2.14. The molecule has 206 valence electrons. The first-order valence-electron chi connectivity index (χ1n) is 13.9. The highest BCUT2D eigenvalue weighted by Crippen LogP contribution is 2.30. The monoisotopic (exact) mass is 528 g/mol. The fourth-order valence-electron chi connectivity index (χ4n) is 4.23. The molecule has 0 aliphatic heterocycles. The van der Waals surface area contributed by atoms with Crippen molar-refractivity contribution in [1.82, 2.24) is 40.8 Å². The van der Waals surface area contributed by atoms with Gasteiger partial charge in [-0.15, -0.1) is 0 Å². The molecule has 9 heteroatoms. The Hall–Kier alpha value is -3.82. The zero-order chi connectivity index (χ0) is 27.5. The number of rotatable bonds is 12. The van der Waals surface area contributed by atoms with Crippen molar-refractivity contribution >= 4 is 22.1 Å². The second-order valence-corrected chi connectivity index (χ2v) is 9.48. The van der Waals surface area contributed by atoms with Gasteiger partial charge in [0.1, 0.15) is 11.4 Å². The van der Waals surface area contributed by atoms with Crippen molar-refractivity contribution in [1.29, 1.82) is 0 Å². The number of nitrogens with one attached hydrogen (secondary N) is 4. The molecule has 0 unspecified atom stereocenters. The van der Waals surface area contributed by atoms with Crippen LogP contribution in [0.4, 0.5) is 0 Å². The molecule has 4 aromatic heterocycles. The quantitative estimate of drug-likeness (QED) is 0.150. The Morgan fingerprint density at radius 3 is 2.46 bits per heavy atom. The molecule has 0 amide bonds. The molecule has 0 saturated carbocycles. The van der Waals surface area contributed by atoms with Crippen LogP contribution in [0.2, 0.25) is 0 Å². The molecule has 5 rings (SSSR count). The van der Waals surface area contributed by atoms with E-state index in [9.17, 15) is 0 Å². The zero-order valence-corrected chi connectivity index (χ0v) is 23.5. The summed E-state index contributed by atoms with van der Waals surface area (Å²) in [6, 6.07) is 10.00. The van der Waals surface area contributed by atoms with E-state index in [2.05, 4.69) is 68.7 Å². The average Bonchev–Trinajstić information content (AvgIpc) is 3.59. The Bertz CT molecular complexity index is 1450. The average molecular weight is 529 g/mol. The molecule has 0 radical (unpaired) electrons. The molecule has 0 atom stereocenters. The largest absolute Gasteiger partial charge is 0.497 e. The van der Waals surface area contributed by atoms with Crippen LogP contribution in [0, 0.1) is 0 Å². The van der Waals surface area contributed by atoms with E-state index in [1.54, 1.807) is 7.11 Å². The first-order chi connectivity index (χ1) is 19.2. The number of H-pyrrole nitrogens is 2. The fourth-order valence-corrected chi connectivity index (χ4v) is 4.23. The summed E-state index contributed by atoms with van der Waals surface area (Å²) in [4.78, 5) is 17.1. The van der Waals surface area contributed by atoms with Crippen LogP contribution in [0.5, 0.6) is 5.75 Å². The van der Waals surface area contributed by atoms with Gasteiger partial charge in [-0.3, -0.25) is 10.1 Å². The first kappa shape index (κ1) is 28.2. The van der Waals surface area contributed by atoms with Crippen molar-refractivity contribution in [2.24, 2.45) is 0 Å². The van der Waals surface area contributed by atoms with Crippen LogP contribution in [0.25, 0.3) is 44.7 Å². The first-order valence-corrected chi connectivity index (χ1v) is 13.9. The Kier molecular flexibility index (Phi) is 10.4.